The summed E-state index contributed by atoms with van der Waals surface area (Å²) in [5.41, 5.74) is 0.337. The summed E-state index contributed by atoms with van der Waals surface area (Å²) in [5.74, 6) is -0.0710. The first-order valence-electron chi connectivity index (χ1n) is 3.78. The van der Waals surface area contributed by atoms with Gasteiger partial charge in [-0.15, -0.1) is 0 Å². The molecule has 0 amide bonds. The molecular weight excluding hydrogens is 189 g/mol. The van der Waals surface area contributed by atoms with E-state index in [9.17, 15) is 14.5 Å². The second-order valence-electron chi connectivity index (χ2n) is 2.49. The maximum atomic E-state index is 12.7. The van der Waals surface area contributed by atoms with E-state index in [2.05, 4.69) is 0 Å². The smallest absolute Gasteiger partial charge is 0.235 e. The molecule has 0 saturated heterocycles. The Labute approximate surface area is 79.8 Å². The van der Waals surface area contributed by atoms with Gasteiger partial charge < -0.3 is 4.74 Å². The van der Waals surface area contributed by atoms with Gasteiger partial charge in [-0.05, 0) is 18.2 Å². The summed E-state index contributed by atoms with van der Waals surface area (Å²) in [6, 6.07) is 3.80. The average molecular weight is 197 g/mol. The van der Waals surface area contributed by atoms with Crippen LogP contribution in [0.1, 0.15) is 5.56 Å². The third-order valence-corrected chi connectivity index (χ3v) is 1.57. The van der Waals surface area contributed by atoms with Crippen molar-refractivity contribution in [1.29, 1.82) is 0 Å². The van der Waals surface area contributed by atoms with Crippen molar-refractivity contribution in [3.05, 3.63) is 45.9 Å². The Balaban J connectivity index is 3.04. The van der Waals surface area contributed by atoms with E-state index >= 15 is 0 Å². The van der Waals surface area contributed by atoms with Gasteiger partial charge in [0.05, 0.1) is 12.0 Å². The van der Waals surface area contributed by atoms with Crippen molar-refractivity contribution in [2.75, 3.05) is 7.11 Å². The molecular formula is C9H8FNO3. The SMILES string of the molecule is COc1ccc(F)cc1/C=C/[N+](=O)[O-]. The molecule has 0 radical (unpaired) electrons. The molecule has 0 spiro atoms. The second kappa shape index (κ2) is 4.36. The maximum Gasteiger partial charge on any atom is 0.235 e. The molecule has 0 heterocycles. The Bertz CT molecular complexity index is 376. The second-order valence-corrected chi connectivity index (χ2v) is 2.49. The van der Waals surface area contributed by atoms with Crippen molar-refractivity contribution in [1.82, 2.24) is 0 Å². The van der Waals surface area contributed by atoms with Gasteiger partial charge >= 0.3 is 0 Å². The number of halogens is 1. The number of benzene rings is 1. The van der Waals surface area contributed by atoms with Gasteiger partial charge in [-0.2, -0.15) is 0 Å². The van der Waals surface area contributed by atoms with E-state index in [-0.39, 0.29) is 0 Å². The highest BCUT2D eigenvalue weighted by Crippen LogP contribution is 2.20. The summed E-state index contributed by atoms with van der Waals surface area (Å²) in [6.07, 6.45) is 1.92. The van der Waals surface area contributed by atoms with Gasteiger partial charge in [0.1, 0.15) is 11.6 Å². The van der Waals surface area contributed by atoms with Crippen LogP contribution in [0.2, 0.25) is 0 Å². The van der Waals surface area contributed by atoms with E-state index in [4.69, 9.17) is 4.74 Å². The molecule has 1 aromatic rings. The molecule has 0 aliphatic carbocycles. The minimum atomic E-state index is -0.621. The van der Waals surface area contributed by atoms with Crippen LogP contribution in [-0.4, -0.2) is 12.0 Å². The molecule has 1 aromatic carbocycles. The van der Waals surface area contributed by atoms with Gasteiger partial charge in [0.2, 0.25) is 6.20 Å². The molecule has 0 aromatic heterocycles. The summed E-state index contributed by atoms with van der Waals surface area (Å²) in [6.45, 7) is 0. The van der Waals surface area contributed by atoms with E-state index < -0.39 is 10.7 Å². The van der Waals surface area contributed by atoms with Gasteiger partial charge in [0, 0.05) is 11.6 Å². The average Bonchev–Trinajstić information content (AvgIpc) is 2.15. The summed E-state index contributed by atoms with van der Waals surface area (Å²) >= 11 is 0. The highest BCUT2D eigenvalue weighted by Gasteiger charge is 2.02. The monoisotopic (exact) mass is 197 g/mol. The fourth-order valence-corrected chi connectivity index (χ4v) is 0.977. The van der Waals surface area contributed by atoms with Crippen LogP contribution in [0, 0.1) is 15.9 Å². The van der Waals surface area contributed by atoms with Crippen molar-refractivity contribution in [2.45, 2.75) is 0 Å². The molecule has 0 unspecified atom stereocenters. The van der Waals surface area contributed by atoms with Crippen LogP contribution in [0.15, 0.2) is 24.4 Å². The molecule has 74 valence electrons. The zero-order chi connectivity index (χ0) is 10.6. The van der Waals surface area contributed by atoms with Crippen LogP contribution in [-0.2, 0) is 0 Å². The Morgan fingerprint density at radius 2 is 2.29 bits per heavy atom. The van der Waals surface area contributed by atoms with Crippen LogP contribution >= 0.6 is 0 Å². The van der Waals surface area contributed by atoms with Gasteiger partial charge in [0.25, 0.3) is 0 Å². The molecule has 5 heteroatoms. The molecule has 0 saturated carbocycles. The highest BCUT2D eigenvalue weighted by molar-refractivity contribution is 5.56. The Morgan fingerprint density at radius 3 is 2.86 bits per heavy atom. The lowest BCUT2D eigenvalue weighted by molar-refractivity contribution is -0.400. The van der Waals surface area contributed by atoms with Gasteiger partial charge in [0.15, 0.2) is 0 Å². The summed E-state index contributed by atoms with van der Waals surface area (Å²) in [4.78, 5) is 9.42. The van der Waals surface area contributed by atoms with E-state index in [1.165, 1.54) is 31.4 Å². The maximum absolute atomic E-state index is 12.7. The molecule has 1 rings (SSSR count). The molecule has 0 fully saturated rings. The molecule has 0 aliphatic rings. The Kier molecular flexibility index (Phi) is 3.17. The van der Waals surface area contributed by atoms with Crippen LogP contribution in [0.5, 0.6) is 5.75 Å². The summed E-state index contributed by atoms with van der Waals surface area (Å²) in [7, 11) is 1.41. The van der Waals surface area contributed by atoms with E-state index in [0.29, 0.717) is 11.3 Å². The summed E-state index contributed by atoms with van der Waals surface area (Å²) in [5, 5.41) is 10.0. The van der Waals surface area contributed by atoms with Gasteiger partial charge in [-0.3, -0.25) is 10.1 Å². The number of hydrogen-bond acceptors (Lipinski definition) is 3. The summed E-state index contributed by atoms with van der Waals surface area (Å²) < 4.78 is 17.6. The van der Waals surface area contributed by atoms with Crippen molar-refractivity contribution in [2.24, 2.45) is 0 Å². The number of nitrogens with zero attached hydrogens (tertiary/aromatic N) is 1. The third-order valence-electron chi connectivity index (χ3n) is 1.57. The topological polar surface area (TPSA) is 52.4 Å². The van der Waals surface area contributed by atoms with Crippen molar-refractivity contribution < 1.29 is 14.1 Å². The lowest BCUT2D eigenvalue weighted by Gasteiger charge is -2.02. The number of rotatable bonds is 3. The fourth-order valence-electron chi connectivity index (χ4n) is 0.977. The fraction of sp³-hybridized carbons (Fsp3) is 0.111. The number of ether oxygens (including phenoxy) is 1. The standard InChI is InChI=1S/C9H8FNO3/c1-14-9-3-2-8(10)6-7(9)4-5-11(12)13/h2-6H,1H3/b5-4+. The highest BCUT2D eigenvalue weighted by atomic mass is 19.1. The van der Waals surface area contributed by atoms with E-state index in [1.807, 2.05) is 0 Å². The van der Waals surface area contributed by atoms with Crippen molar-refractivity contribution in [3.8, 4) is 5.75 Å². The lowest BCUT2D eigenvalue weighted by atomic mass is 10.2. The number of hydrogen-bond donors (Lipinski definition) is 0. The predicted octanol–water partition coefficient (Wildman–Crippen LogP) is 2.08. The molecule has 4 nitrogen and oxygen atoms in total. The number of nitro groups is 1. The first-order valence-corrected chi connectivity index (χ1v) is 3.78. The van der Waals surface area contributed by atoms with Crippen LogP contribution in [0.4, 0.5) is 4.39 Å². The molecule has 14 heavy (non-hydrogen) atoms. The molecule has 0 bridgehead atoms. The van der Waals surface area contributed by atoms with Crippen molar-refractivity contribution in [3.63, 3.8) is 0 Å². The van der Waals surface area contributed by atoms with Crippen molar-refractivity contribution >= 4 is 6.08 Å². The van der Waals surface area contributed by atoms with Crippen LogP contribution < -0.4 is 4.74 Å². The van der Waals surface area contributed by atoms with E-state index in [0.717, 1.165) is 6.20 Å². The zero-order valence-corrected chi connectivity index (χ0v) is 7.44. The lowest BCUT2D eigenvalue weighted by Crippen LogP contribution is -1.89. The molecule has 0 atom stereocenters. The van der Waals surface area contributed by atoms with Crippen LogP contribution in [0.25, 0.3) is 6.08 Å². The van der Waals surface area contributed by atoms with Gasteiger partial charge in [-0.1, -0.05) is 0 Å². The van der Waals surface area contributed by atoms with Crippen LogP contribution in [0.3, 0.4) is 0 Å². The number of methoxy groups -OCH3 is 1. The minimum Gasteiger partial charge on any atom is -0.496 e. The van der Waals surface area contributed by atoms with Gasteiger partial charge in [-0.25, -0.2) is 4.39 Å². The first-order chi connectivity index (χ1) is 6.63. The first kappa shape index (κ1) is 10.2. The Hall–Kier alpha value is -1.91. The Morgan fingerprint density at radius 1 is 1.57 bits per heavy atom. The third kappa shape index (κ3) is 2.55. The molecule has 0 aliphatic heterocycles. The predicted molar refractivity (Wildman–Crippen MR) is 49.0 cm³/mol. The largest absolute Gasteiger partial charge is 0.496 e. The molecule has 0 N–H and O–H groups in total. The quantitative estimate of drug-likeness (QED) is 0.550. The normalized spacial score (nSPS) is 10.4. The van der Waals surface area contributed by atoms with E-state index in [1.54, 1.807) is 0 Å². The zero-order valence-electron chi connectivity index (χ0n) is 7.44. The minimum absolute atomic E-state index is 0.337.